The predicted octanol–water partition coefficient (Wildman–Crippen LogP) is 2.44. The molecule has 2 N–H and O–H groups in total. The number of benzene rings is 1. The molecule has 1 aromatic heterocycles. The number of hydrogen-bond donors (Lipinski definition) is 2. The third kappa shape index (κ3) is 3.30. The molecule has 7 heteroatoms. The molecule has 1 aromatic carbocycles. The number of thioether (sulfide) groups is 1. The lowest BCUT2D eigenvalue weighted by molar-refractivity contribution is -0.136. The van der Waals surface area contributed by atoms with E-state index in [0.717, 1.165) is 23.1 Å². The first-order valence-electron chi connectivity index (χ1n) is 6.10. The van der Waals surface area contributed by atoms with Crippen molar-refractivity contribution in [2.75, 3.05) is 7.11 Å². The Balaban J connectivity index is 2.13. The second-order valence-corrected chi connectivity index (χ2v) is 5.22. The number of carboxylic acids is 1. The molecule has 0 saturated carbocycles. The first-order chi connectivity index (χ1) is 9.63. The summed E-state index contributed by atoms with van der Waals surface area (Å²) in [6.07, 6.45) is 0.520. The van der Waals surface area contributed by atoms with E-state index in [2.05, 4.69) is 15.2 Å². The van der Waals surface area contributed by atoms with E-state index in [1.807, 2.05) is 31.2 Å². The Labute approximate surface area is 120 Å². The number of aromatic nitrogens is 3. The topological polar surface area (TPSA) is 88.1 Å². The number of aliphatic carboxylic acids is 1. The quantitative estimate of drug-likeness (QED) is 0.795. The van der Waals surface area contributed by atoms with Crippen molar-refractivity contribution in [3.8, 4) is 17.1 Å². The first kappa shape index (κ1) is 14.4. The van der Waals surface area contributed by atoms with E-state index < -0.39 is 11.2 Å². The summed E-state index contributed by atoms with van der Waals surface area (Å²) < 4.78 is 5.09. The van der Waals surface area contributed by atoms with Crippen LogP contribution in [0.15, 0.2) is 29.4 Å². The highest BCUT2D eigenvalue weighted by Crippen LogP contribution is 2.25. The van der Waals surface area contributed by atoms with Crippen LogP contribution in [0, 0.1) is 0 Å². The van der Waals surface area contributed by atoms with Gasteiger partial charge < -0.3 is 9.84 Å². The molecule has 0 radical (unpaired) electrons. The maximum absolute atomic E-state index is 11.0. The Kier molecular flexibility index (Phi) is 4.62. The van der Waals surface area contributed by atoms with Crippen molar-refractivity contribution in [3.05, 3.63) is 24.3 Å². The van der Waals surface area contributed by atoms with Crippen LogP contribution in [-0.4, -0.2) is 38.6 Å². The van der Waals surface area contributed by atoms with Gasteiger partial charge in [0.1, 0.15) is 11.0 Å². The minimum atomic E-state index is -0.853. The number of rotatable bonds is 6. The average Bonchev–Trinajstić information content (AvgIpc) is 2.93. The smallest absolute Gasteiger partial charge is 0.317 e. The van der Waals surface area contributed by atoms with Gasteiger partial charge in [0, 0.05) is 5.56 Å². The molecule has 6 nitrogen and oxygen atoms in total. The molecule has 0 bridgehead atoms. The van der Waals surface area contributed by atoms with Crippen molar-refractivity contribution in [1.29, 1.82) is 0 Å². The second-order valence-electron chi connectivity index (χ2n) is 4.05. The van der Waals surface area contributed by atoms with Gasteiger partial charge in [-0.1, -0.05) is 18.7 Å². The Morgan fingerprint density at radius 1 is 1.45 bits per heavy atom. The van der Waals surface area contributed by atoms with Crippen LogP contribution in [0.5, 0.6) is 5.75 Å². The molecule has 0 saturated heterocycles. The van der Waals surface area contributed by atoms with Gasteiger partial charge in [-0.2, -0.15) is 0 Å². The van der Waals surface area contributed by atoms with Crippen molar-refractivity contribution in [2.45, 2.75) is 23.8 Å². The van der Waals surface area contributed by atoms with Gasteiger partial charge in [0.25, 0.3) is 0 Å². The van der Waals surface area contributed by atoms with Gasteiger partial charge in [0.15, 0.2) is 5.82 Å². The molecule has 0 aliphatic heterocycles. The molecule has 0 aliphatic rings. The van der Waals surface area contributed by atoms with Gasteiger partial charge in [0.05, 0.1) is 7.11 Å². The van der Waals surface area contributed by atoms with Gasteiger partial charge in [-0.25, -0.2) is 4.98 Å². The average molecular weight is 293 g/mol. The third-order valence-corrected chi connectivity index (χ3v) is 3.94. The molecule has 106 valence electrons. The Hall–Kier alpha value is -2.02. The molecule has 0 unspecified atom stereocenters. The van der Waals surface area contributed by atoms with Crippen LogP contribution < -0.4 is 4.74 Å². The van der Waals surface area contributed by atoms with Crippen molar-refractivity contribution in [1.82, 2.24) is 15.2 Å². The second kappa shape index (κ2) is 6.42. The number of ether oxygens (including phenoxy) is 1. The van der Waals surface area contributed by atoms with Crippen molar-refractivity contribution in [3.63, 3.8) is 0 Å². The zero-order valence-corrected chi connectivity index (χ0v) is 12.0. The van der Waals surface area contributed by atoms with Crippen LogP contribution in [0.2, 0.25) is 0 Å². The summed E-state index contributed by atoms with van der Waals surface area (Å²) >= 11 is 1.14. The van der Waals surface area contributed by atoms with Gasteiger partial charge in [-0.15, -0.1) is 5.10 Å². The number of methoxy groups -OCH3 is 1. The standard InChI is InChI=1S/C13H15N3O3S/c1-3-10(12(17)18)20-13-14-11(15-16-13)8-4-6-9(19-2)7-5-8/h4-7,10H,3H2,1-2H3,(H,17,18)(H,14,15,16)/t10-/m0/s1. The highest BCUT2D eigenvalue weighted by molar-refractivity contribution is 8.00. The molecular formula is C13H15N3O3S. The van der Waals surface area contributed by atoms with E-state index >= 15 is 0 Å². The van der Waals surface area contributed by atoms with Crippen LogP contribution in [0.3, 0.4) is 0 Å². The fraction of sp³-hybridized carbons (Fsp3) is 0.308. The first-order valence-corrected chi connectivity index (χ1v) is 6.98. The van der Waals surface area contributed by atoms with Crippen molar-refractivity contribution >= 4 is 17.7 Å². The molecule has 0 fully saturated rings. The molecule has 0 spiro atoms. The molecule has 0 amide bonds. The molecule has 2 aromatic rings. The lowest BCUT2D eigenvalue weighted by Gasteiger charge is -2.04. The number of nitrogens with one attached hydrogen (secondary N) is 1. The highest BCUT2D eigenvalue weighted by Gasteiger charge is 2.19. The Morgan fingerprint density at radius 3 is 2.70 bits per heavy atom. The number of nitrogens with zero attached hydrogens (tertiary/aromatic N) is 2. The summed E-state index contributed by atoms with van der Waals surface area (Å²) in [5.74, 6) is 0.517. The molecule has 1 heterocycles. The Morgan fingerprint density at radius 2 is 2.15 bits per heavy atom. The third-order valence-electron chi connectivity index (χ3n) is 2.72. The number of hydrogen-bond acceptors (Lipinski definition) is 5. The maximum Gasteiger partial charge on any atom is 0.317 e. The van der Waals surface area contributed by atoms with Gasteiger partial charge in [-0.05, 0) is 30.7 Å². The summed E-state index contributed by atoms with van der Waals surface area (Å²) in [6, 6.07) is 7.39. The van der Waals surface area contributed by atoms with Crippen molar-refractivity contribution in [2.24, 2.45) is 0 Å². The zero-order valence-electron chi connectivity index (χ0n) is 11.2. The van der Waals surface area contributed by atoms with Gasteiger partial charge in [0.2, 0.25) is 5.16 Å². The molecule has 1 atom stereocenters. The number of H-pyrrole nitrogens is 1. The summed E-state index contributed by atoms with van der Waals surface area (Å²) in [6.45, 7) is 1.82. The van der Waals surface area contributed by atoms with Crippen LogP contribution in [0.1, 0.15) is 13.3 Å². The zero-order chi connectivity index (χ0) is 14.5. The van der Waals surface area contributed by atoms with Crippen LogP contribution in [0.25, 0.3) is 11.4 Å². The van der Waals surface area contributed by atoms with Gasteiger partial charge >= 0.3 is 5.97 Å². The number of aromatic amines is 1. The molecule has 20 heavy (non-hydrogen) atoms. The highest BCUT2D eigenvalue weighted by atomic mass is 32.2. The lowest BCUT2D eigenvalue weighted by Crippen LogP contribution is -2.14. The normalized spacial score (nSPS) is 12.1. The van der Waals surface area contributed by atoms with E-state index in [-0.39, 0.29) is 0 Å². The van der Waals surface area contributed by atoms with E-state index in [1.54, 1.807) is 7.11 Å². The molecule has 0 aliphatic carbocycles. The van der Waals surface area contributed by atoms with E-state index in [9.17, 15) is 4.79 Å². The fourth-order valence-electron chi connectivity index (χ4n) is 1.61. The molecule has 2 rings (SSSR count). The minimum absolute atomic E-state index is 0.435. The SMILES string of the molecule is CC[C@H](Sc1n[nH]c(-c2ccc(OC)cc2)n1)C(=O)O. The number of carboxylic acid groups (broad SMARTS) is 1. The summed E-state index contributed by atoms with van der Waals surface area (Å²) in [4.78, 5) is 15.3. The monoisotopic (exact) mass is 293 g/mol. The Bertz CT molecular complexity index is 583. The largest absolute Gasteiger partial charge is 0.497 e. The summed E-state index contributed by atoms with van der Waals surface area (Å²) in [5.41, 5.74) is 0.869. The lowest BCUT2D eigenvalue weighted by atomic mass is 10.2. The predicted molar refractivity (Wildman–Crippen MR) is 75.9 cm³/mol. The maximum atomic E-state index is 11.0. The van der Waals surface area contributed by atoms with Crippen LogP contribution in [-0.2, 0) is 4.79 Å². The van der Waals surface area contributed by atoms with E-state index in [0.29, 0.717) is 17.4 Å². The fourth-order valence-corrected chi connectivity index (χ4v) is 2.38. The molecular weight excluding hydrogens is 278 g/mol. The summed E-state index contributed by atoms with van der Waals surface area (Å²) in [5, 5.41) is 15.8. The van der Waals surface area contributed by atoms with Crippen LogP contribution >= 0.6 is 11.8 Å². The minimum Gasteiger partial charge on any atom is -0.497 e. The van der Waals surface area contributed by atoms with Crippen molar-refractivity contribution < 1.29 is 14.6 Å². The summed E-state index contributed by atoms with van der Waals surface area (Å²) in [7, 11) is 1.61. The number of carbonyl (C=O) groups is 1. The van der Waals surface area contributed by atoms with E-state index in [1.165, 1.54) is 0 Å². The van der Waals surface area contributed by atoms with E-state index in [4.69, 9.17) is 9.84 Å². The van der Waals surface area contributed by atoms with Crippen LogP contribution in [0.4, 0.5) is 0 Å². The van der Waals surface area contributed by atoms with Gasteiger partial charge in [-0.3, -0.25) is 9.89 Å².